The number of nitrogens with two attached hydrogens (primary N) is 1. The van der Waals surface area contributed by atoms with Gasteiger partial charge in [-0.15, -0.1) is 11.8 Å². The van der Waals surface area contributed by atoms with Gasteiger partial charge < -0.3 is 103 Å². The van der Waals surface area contributed by atoms with Crippen LogP contribution in [-0.2, 0) is 115 Å². The van der Waals surface area contributed by atoms with Gasteiger partial charge in [0.2, 0.25) is 88.6 Å². The molecule has 11 atom stereocenters. The first-order valence-electron chi connectivity index (χ1n) is 42.1. The number of phenols is 2. The summed E-state index contributed by atoms with van der Waals surface area (Å²) in [7, 11) is 6.48. The van der Waals surface area contributed by atoms with Crippen molar-refractivity contribution in [1.82, 2.24) is 77.3 Å². The highest BCUT2D eigenvalue weighted by Crippen LogP contribution is 2.25. The number of rotatable bonds is 23. The summed E-state index contributed by atoms with van der Waals surface area (Å²) in [6, 6.07) is 21.5. The lowest BCUT2D eigenvalue weighted by atomic mass is 9.98. The van der Waals surface area contributed by atoms with E-state index in [0.29, 0.717) is 51.6 Å². The van der Waals surface area contributed by atoms with E-state index in [2.05, 4.69) is 52.8 Å². The van der Waals surface area contributed by atoms with Gasteiger partial charge in [0.15, 0.2) is 0 Å². The third kappa shape index (κ3) is 29.8. The molecule has 1 aliphatic heterocycles. The summed E-state index contributed by atoms with van der Waals surface area (Å²) in [4.78, 5) is 243. The molecule has 15 N–H and O–H groups in total. The van der Waals surface area contributed by atoms with Crippen LogP contribution in [-0.4, -0.2) is 272 Å². The molecular formula is C91H116N16O20S. The molecule has 8 rings (SSSR count). The van der Waals surface area contributed by atoms with E-state index in [4.69, 9.17) is 10.2 Å². The number of nitrogens with one attached hydrogen (secondary N) is 10. The Morgan fingerprint density at radius 2 is 0.984 bits per heavy atom. The number of phenolic OH excluding ortho intramolecular Hbond substituents is 2. The highest BCUT2D eigenvalue weighted by Gasteiger charge is 2.42. The Labute approximate surface area is 746 Å². The van der Waals surface area contributed by atoms with Gasteiger partial charge in [-0.3, -0.25) is 76.7 Å². The molecule has 1 fully saturated rings. The number of carbonyl (C=O) groups excluding carboxylic acids is 15. The number of carboxylic acid groups (broad SMARTS) is 1. The van der Waals surface area contributed by atoms with Gasteiger partial charge in [0, 0.05) is 96.6 Å². The lowest BCUT2D eigenvalue weighted by molar-refractivity contribution is -0.151. The Morgan fingerprint density at radius 1 is 0.492 bits per heavy atom. The number of hydrogen-bond donors (Lipinski definition) is 14. The minimum absolute atomic E-state index is 0.0205. The van der Waals surface area contributed by atoms with E-state index in [1.165, 1.54) is 90.0 Å². The number of nitrogens with zero attached hydrogens (tertiary/aromatic N) is 5. The van der Waals surface area contributed by atoms with Crippen LogP contribution in [0, 0.1) is 11.8 Å². The van der Waals surface area contributed by atoms with E-state index in [0.717, 1.165) is 36.3 Å². The first-order valence-corrected chi connectivity index (χ1v) is 43.3. The number of carbonyl (C=O) groups is 16. The van der Waals surface area contributed by atoms with Crippen molar-refractivity contribution < 1.29 is 96.4 Å². The second-order valence-corrected chi connectivity index (χ2v) is 33.7. The van der Waals surface area contributed by atoms with Crippen molar-refractivity contribution in [3.63, 3.8) is 0 Å². The van der Waals surface area contributed by atoms with Crippen molar-refractivity contribution in [1.29, 1.82) is 0 Å². The van der Waals surface area contributed by atoms with Crippen LogP contribution < -0.4 is 53.6 Å². The molecule has 5 aromatic carbocycles. The number of thioether (sulfide) groups is 1. The molecule has 0 radical (unpaired) electrons. The maximum atomic E-state index is 15.5. The number of H-pyrrole nitrogens is 1. The second kappa shape index (κ2) is 48.2. The molecule has 11 unspecified atom stereocenters. The lowest BCUT2D eigenvalue weighted by Gasteiger charge is -2.37. The average Bonchev–Trinajstić information content (AvgIpc) is 1.81. The van der Waals surface area contributed by atoms with Crippen molar-refractivity contribution in [2.24, 2.45) is 17.6 Å². The van der Waals surface area contributed by atoms with Crippen molar-refractivity contribution in [3.8, 4) is 11.5 Å². The van der Waals surface area contributed by atoms with E-state index in [1.807, 2.05) is 6.92 Å². The summed E-state index contributed by atoms with van der Waals surface area (Å²) in [5.74, 6) is -17.4. The predicted molar refractivity (Wildman–Crippen MR) is 474 cm³/mol. The minimum Gasteiger partial charge on any atom is -0.508 e. The molecule has 128 heavy (non-hydrogen) atoms. The maximum absolute atomic E-state index is 15.5. The fourth-order valence-electron chi connectivity index (χ4n) is 14.7. The number of para-hydroxylation sites is 1. The van der Waals surface area contributed by atoms with Gasteiger partial charge in [-0.2, -0.15) is 0 Å². The van der Waals surface area contributed by atoms with Crippen LogP contribution in [0.2, 0.25) is 0 Å². The van der Waals surface area contributed by atoms with Crippen LogP contribution in [0.25, 0.3) is 10.9 Å². The average molecular weight is 1790 g/mol. The van der Waals surface area contributed by atoms with Crippen molar-refractivity contribution >= 4 is 117 Å². The molecule has 0 aliphatic carbocycles. The second-order valence-electron chi connectivity index (χ2n) is 32.7. The van der Waals surface area contributed by atoms with Crippen LogP contribution in [0.5, 0.6) is 11.5 Å². The molecule has 686 valence electrons. The molecule has 2 aromatic heterocycles. The molecule has 0 spiro atoms. The number of carboxylic acids is 1. The van der Waals surface area contributed by atoms with Gasteiger partial charge in [-0.05, 0) is 95.0 Å². The Bertz CT molecular complexity index is 5020. The zero-order valence-corrected chi connectivity index (χ0v) is 74.2. The van der Waals surface area contributed by atoms with E-state index >= 15 is 33.6 Å². The number of benzene rings is 5. The third-order valence-corrected chi connectivity index (χ3v) is 22.8. The van der Waals surface area contributed by atoms with Gasteiger partial charge in [0.05, 0.1) is 38.1 Å². The fourth-order valence-corrected chi connectivity index (χ4v) is 15.6. The zero-order chi connectivity index (χ0) is 93.6. The standard InChI is InChI=1S/C91H116N16O20S/c1-11-12-29-72-89(124)104(7)50-77(112)96-68(46-79(114)115)85(120)102-80(54(4)5)91(126)106(9)73(42-55-22-15-13-16-23-55)86(121)100-69(41-58-32-36-61(109)37-33-58)87(122)103(6)49-76(111)95-67(44-59-47-93-64-28-20-19-27-63(59)64)84(119)99-66(40-57-30-34-60(108)35-31-57)83(118)98-65(39-53(2)3)82(117)101-71(81(116)94-48-75(92)110)51-128-52-78(113)97-70(45-62-26-21-38-127-62)88(123)107(10)74(90(125)105(72)8)43-56-24-17-14-18-25-56/h13-28,30-38,47,53-54,65-74,80,93,108-109H,11-12,29,39-46,48-52H2,1-10H3,(H2,92,110)(H,94,116)(H,95,111)(H,96,112)(H,97,113)(H,98,118)(H,99,119)(H,100,121)(H,101,117)(H,102,120)(H,114,115). The van der Waals surface area contributed by atoms with Gasteiger partial charge in [0.25, 0.3) is 0 Å². The van der Waals surface area contributed by atoms with Crippen LogP contribution in [0.3, 0.4) is 0 Å². The molecule has 36 nitrogen and oxygen atoms in total. The Kier molecular flexibility index (Phi) is 37.6. The van der Waals surface area contributed by atoms with Gasteiger partial charge in [-0.25, -0.2) is 0 Å². The van der Waals surface area contributed by atoms with Crippen LogP contribution in [0.15, 0.2) is 162 Å². The van der Waals surface area contributed by atoms with Gasteiger partial charge in [-0.1, -0.05) is 151 Å². The van der Waals surface area contributed by atoms with E-state index in [1.54, 1.807) is 131 Å². The summed E-state index contributed by atoms with van der Waals surface area (Å²) in [5.41, 5.74) is 8.49. The summed E-state index contributed by atoms with van der Waals surface area (Å²) in [6.07, 6.45) is 1.22. The van der Waals surface area contributed by atoms with Crippen LogP contribution >= 0.6 is 11.8 Å². The summed E-state index contributed by atoms with van der Waals surface area (Å²) in [5, 5.41) is 55.4. The lowest BCUT2D eigenvalue weighted by Crippen LogP contribution is -2.61. The largest absolute Gasteiger partial charge is 0.508 e. The quantitative estimate of drug-likeness (QED) is 0.0435. The predicted octanol–water partition coefficient (Wildman–Crippen LogP) is 1.92. The normalized spacial score (nSPS) is 22.0. The molecular weight excluding hydrogens is 1670 g/mol. The number of furan rings is 1. The highest BCUT2D eigenvalue weighted by molar-refractivity contribution is 8.00. The number of amides is 15. The van der Waals surface area contributed by atoms with Crippen molar-refractivity contribution in [3.05, 3.63) is 192 Å². The minimum atomic E-state index is -1.91. The van der Waals surface area contributed by atoms with Crippen LogP contribution in [0.1, 0.15) is 100 Å². The summed E-state index contributed by atoms with van der Waals surface area (Å²) >= 11 is 0.807. The number of aliphatic carboxylic acids is 1. The zero-order valence-electron chi connectivity index (χ0n) is 73.3. The van der Waals surface area contributed by atoms with E-state index < -0.39 is 205 Å². The van der Waals surface area contributed by atoms with E-state index in [-0.39, 0.29) is 74.5 Å². The number of aromatic nitrogens is 1. The number of hydrogen-bond acceptors (Lipinski definition) is 20. The molecule has 7 aromatic rings. The first-order chi connectivity index (χ1) is 60.9. The monoisotopic (exact) mass is 1780 g/mol. The Hall–Kier alpha value is -13.6. The van der Waals surface area contributed by atoms with E-state index in [9.17, 15) is 58.5 Å². The molecule has 0 saturated carbocycles. The molecule has 15 amide bonds. The molecule has 0 bridgehead atoms. The number of unbranched alkanes of at least 4 members (excludes halogenated alkanes) is 1. The smallest absolute Gasteiger partial charge is 0.305 e. The van der Waals surface area contributed by atoms with Crippen molar-refractivity contribution in [2.45, 2.75) is 172 Å². The Balaban J connectivity index is 1.21. The Morgan fingerprint density at radius 3 is 1.55 bits per heavy atom. The fraction of sp³-hybridized carbons (Fsp3) is 0.429. The van der Waals surface area contributed by atoms with Gasteiger partial charge >= 0.3 is 5.97 Å². The first kappa shape index (κ1) is 99.8. The topological polar surface area (TPSA) is 513 Å². The molecule has 1 saturated heterocycles. The summed E-state index contributed by atoms with van der Waals surface area (Å²) < 4.78 is 5.67. The SMILES string of the molecule is CCCCC1C(=O)N(C)CC(=O)NC(CC(=O)O)C(=O)NC(C(C)C)C(=O)N(C)C(Cc2ccccc2)C(=O)NC(Cc2ccc(O)cc2)C(=O)N(C)CC(=O)NC(Cc2c[nH]c3ccccc23)C(=O)NC(Cc2ccc(O)cc2)C(=O)NC(CC(C)C)C(=O)NC(C(=O)NCC(N)=O)CSCC(=O)NC(Cc2ccco2)C(=O)N(C)C(Cc2ccccc2)C(=O)N1C. The molecule has 1 aliphatic rings. The van der Waals surface area contributed by atoms with Crippen LogP contribution in [0.4, 0.5) is 0 Å². The number of likely N-dealkylation sites (N-methyl/N-ethyl adjacent to an activating group) is 5. The summed E-state index contributed by atoms with van der Waals surface area (Å²) in [6.45, 7) is 6.13. The third-order valence-electron chi connectivity index (χ3n) is 21.8. The maximum Gasteiger partial charge on any atom is 0.305 e. The number of fused-ring (bicyclic) bond motifs is 1. The highest BCUT2D eigenvalue weighted by atomic mass is 32.2. The number of primary amides is 1. The molecule has 37 heteroatoms. The number of aromatic amines is 1. The molecule has 3 heterocycles. The van der Waals surface area contributed by atoms with Crippen molar-refractivity contribution in [2.75, 3.05) is 66.4 Å². The number of aromatic hydroxyl groups is 2. The van der Waals surface area contributed by atoms with Gasteiger partial charge in [0.1, 0.15) is 83.7 Å².